The van der Waals surface area contributed by atoms with Gasteiger partial charge in [-0.15, -0.1) is 0 Å². The average molecular weight is 336 g/mol. The van der Waals surface area contributed by atoms with Crippen molar-refractivity contribution in [3.05, 3.63) is 0 Å². The predicted octanol–water partition coefficient (Wildman–Crippen LogP) is 2.53. The van der Waals surface area contributed by atoms with Crippen molar-refractivity contribution in [2.24, 2.45) is 5.92 Å². The summed E-state index contributed by atoms with van der Waals surface area (Å²) in [5.74, 6) is 0.779. The average Bonchev–Trinajstić information content (AvgIpc) is 3.12. The zero-order valence-corrected chi connectivity index (χ0v) is 15.3. The van der Waals surface area contributed by atoms with Gasteiger partial charge in [-0.2, -0.15) is 0 Å². The summed E-state index contributed by atoms with van der Waals surface area (Å²) in [5.41, 5.74) is 0. The van der Waals surface area contributed by atoms with E-state index in [-0.39, 0.29) is 0 Å². The highest BCUT2D eigenvalue weighted by Crippen LogP contribution is 2.31. The van der Waals surface area contributed by atoms with E-state index in [2.05, 4.69) is 15.5 Å². The van der Waals surface area contributed by atoms with Gasteiger partial charge < -0.3 is 20.3 Å². The minimum absolute atomic E-state index is 0.584. The highest BCUT2D eigenvalue weighted by molar-refractivity contribution is 4.94. The summed E-state index contributed by atoms with van der Waals surface area (Å²) >= 11 is 0. The van der Waals surface area contributed by atoms with Crippen LogP contribution in [0.3, 0.4) is 0 Å². The minimum Gasteiger partial charge on any atom is -0.379 e. The Morgan fingerprint density at radius 3 is 2.46 bits per heavy atom. The molecule has 4 rings (SSSR count). The van der Waals surface area contributed by atoms with Gasteiger partial charge in [0.1, 0.15) is 0 Å². The number of hydrogen-bond acceptors (Lipinski definition) is 4. The molecule has 4 aliphatic rings. The van der Waals surface area contributed by atoms with E-state index in [0.717, 1.165) is 43.8 Å². The van der Waals surface area contributed by atoms with Crippen molar-refractivity contribution in [3.63, 3.8) is 0 Å². The Morgan fingerprint density at radius 1 is 0.875 bits per heavy atom. The normalized spacial score (nSPS) is 37.8. The van der Waals surface area contributed by atoms with Gasteiger partial charge in [-0.1, -0.05) is 25.7 Å². The Balaban J connectivity index is 1.24. The van der Waals surface area contributed by atoms with Crippen LogP contribution in [0, 0.1) is 5.92 Å². The smallest absolute Gasteiger partial charge is 0.0623 e. The first-order valence-corrected chi connectivity index (χ1v) is 10.7. The number of nitrogens with zero attached hydrogens (tertiary/aromatic N) is 1. The van der Waals surface area contributed by atoms with Gasteiger partial charge in [0.2, 0.25) is 0 Å². The summed E-state index contributed by atoms with van der Waals surface area (Å²) in [7, 11) is 0. The molecule has 0 aromatic carbocycles. The molecule has 138 valence electrons. The first kappa shape index (κ1) is 17.3. The first-order valence-electron chi connectivity index (χ1n) is 10.7. The van der Waals surface area contributed by atoms with Gasteiger partial charge in [-0.05, 0) is 57.5 Å². The molecule has 0 aromatic heterocycles. The highest BCUT2D eigenvalue weighted by Gasteiger charge is 2.36. The fourth-order valence-electron chi connectivity index (χ4n) is 5.72. The molecule has 4 heteroatoms. The zero-order valence-electron chi connectivity index (χ0n) is 15.3. The number of morpholine rings is 1. The Kier molecular flexibility index (Phi) is 6.10. The Labute approximate surface area is 148 Å². The van der Waals surface area contributed by atoms with E-state index < -0.39 is 0 Å². The summed E-state index contributed by atoms with van der Waals surface area (Å²) in [4.78, 5) is 2.81. The van der Waals surface area contributed by atoms with Crippen LogP contribution >= 0.6 is 0 Å². The fourth-order valence-corrected chi connectivity index (χ4v) is 5.72. The van der Waals surface area contributed by atoms with Gasteiger partial charge in [0.05, 0.1) is 13.2 Å². The molecule has 4 fully saturated rings. The monoisotopic (exact) mass is 335 g/mol. The van der Waals surface area contributed by atoms with Crippen LogP contribution in [0.25, 0.3) is 0 Å². The summed E-state index contributed by atoms with van der Waals surface area (Å²) < 4.78 is 5.72. The highest BCUT2D eigenvalue weighted by atomic mass is 16.5. The van der Waals surface area contributed by atoms with Crippen LogP contribution in [0.5, 0.6) is 0 Å². The maximum Gasteiger partial charge on any atom is 0.0623 e. The standard InChI is InChI=1S/C20H37N3O/c1-2-5-17(6-3-1)23-12-9-16(10-13-23)22-19-8-4-7-18(19)20-15-24-14-11-21-20/h16-22H,1-15H2. The maximum absolute atomic E-state index is 5.72. The summed E-state index contributed by atoms with van der Waals surface area (Å²) in [6.45, 7) is 5.49. The molecular weight excluding hydrogens is 298 g/mol. The number of hydrogen-bond donors (Lipinski definition) is 2. The van der Waals surface area contributed by atoms with Crippen LogP contribution in [-0.4, -0.2) is 61.9 Å². The lowest BCUT2D eigenvalue weighted by atomic mass is 9.90. The van der Waals surface area contributed by atoms with E-state index >= 15 is 0 Å². The second kappa shape index (κ2) is 8.48. The maximum atomic E-state index is 5.72. The number of rotatable bonds is 4. The van der Waals surface area contributed by atoms with E-state index in [0.29, 0.717) is 6.04 Å². The third-order valence-electron chi connectivity index (χ3n) is 7.11. The molecule has 3 unspecified atom stereocenters. The second-order valence-electron chi connectivity index (χ2n) is 8.61. The molecule has 3 atom stereocenters. The van der Waals surface area contributed by atoms with E-state index in [4.69, 9.17) is 4.74 Å². The zero-order chi connectivity index (χ0) is 16.2. The van der Waals surface area contributed by atoms with E-state index in [1.165, 1.54) is 77.3 Å². The third kappa shape index (κ3) is 4.14. The van der Waals surface area contributed by atoms with E-state index in [1.54, 1.807) is 0 Å². The molecule has 2 aliphatic heterocycles. The molecule has 0 spiro atoms. The van der Waals surface area contributed by atoms with Crippen LogP contribution in [0.15, 0.2) is 0 Å². The van der Waals surface area contributed by atoms with Gasteiger partial charge >= 0.3 is 0 Å². The fraction of sp³-hybridized carbons (Fsp3) is 1.00. The minimum atomic E-state index is 0.584. The van der Waals surface area contributed by atoms with Crippen LogP contribution in [0.1, 0.15) is 64.2 Å². The molecule has 2 heterocycles. The summed E-state index contributed by atoms with van der Waals surface area (Å²) in [6, 6.07) is 2.96. The summed E-state index contributed by atoms with van der Waals surface area (Å²) in [5, 5.41) is 7.77. The van der Waals surface area contributed by atoms with Crippen molar-refractivity contribution in [3.8, 4) is 0 Å². The SMILES string of the molecule is C1CCC(N2CCC(NC3CCCC3C3COCCN3)CC2)CC1. The molecule has 4 nitrogen and oxygen atoms in total. The predicted molar refractivity (Wildman–Crippen MR) is 98.3 cm³/mol. The third-order valence-corrected chi connectivity index (χ3v) is 7.11. The number of piperidine rings is 1. The van der Waals surface area contributed by atoms with Crippen molar-refractivity contribution in [1.29, 1.82) is 0 Å². The molecule has 0 radical (unpaired) electrons. The molecule has 0 aromatic rings. The number of ether oxygens (including phenoxy) is 1. The molecule has 2 saturated heterocycles. The lowest BCUT2D eigenvalue weighted by Gasteiger charge is -2.41. The lowest BCUT2D eigenvalue weighted by molar-refractivity contribution is 0.0497. The van der Waals surface area contributed by atoms with Crippen molar-refractivity contribution >= 4 is 0 Å². The number of likely N-dealkylation sites (tertiary alicyclic amines) is 1. The van der Waals surface area contributed by atoms with Crippen LogP contribution in [0.2, 0.25) is 0 Å². The molecule has 0 bridgehead atoms. The first-order chi connectivity index (χ1) is 11.9. The lowest BCUT2D eigenvalue weighted by Crippen LogP contribution is -2.54. The molecule has 2 saturated carbocycles. The van der Waals surface area contributed by atoms with Gasteiger partial charge in [-0.25, -0.2) is 0 Å². The van der Waals surface area contributed by atoms with Crippen LogP contribution < -0.4 is 10.6 Å². The topological polar surface area (TPSA) is 36.5 Å². The van der Waals surface area contributed by atoms with E-state index in [1.807, 2.05) is 0 Å². The molecule has 0 amide bonds. The van der Waals surface area contributed by atoms with Crippen LogP contribution in [0.4, 0.5) is 0 Å². The van der Waals surface area contributed by atoms with Gasteiger partial charge in [-0.3, -0.25) is 0 Å². The molecular formula is C20H37N3O. The molecule has 24 heavy (non-hydrogen) atoms. The quantitative estimate of drug-likeness (QED) is 0.828. The number of nitrogens with one attached hydrogen (secondary N) is 2. The van der Waals surface area contributed by atoms with Crippen molar-refractivity contribution < 1.29 is 4.74 Å². The van der Waals surface area contributed by atoms with Crippen molar-refractivity contribution in [1.82, 2.24) is 15.5 Å². The van der Waals surface area contributed by atoms with Gasteiger partial charge in [0.15, 0.2) is 0 Å². The summed E-state index contributed by atoms with van der Waals surface area (Å²) in [6.07, 6.45) is 14.1. The Bertz CT molecular complexity index is 371. The van der Waals surface area contributed by atoms with Crippen molar-refractivity contribution in [2.45, 2.75) is 88.4 Å². The van der Waals surface area contributed by atoms with Gasteiger partial charge in [0.25, 0.3) is 0 Å². The Morgan fingerprint density at radius 2 is 1.71 bits per heavy atom. The van der Waals surface area contributed by atoms with E-state index in [9.17, 15) is 0 Å². The largest absolute Gasteiger partial charge is 0.379 e. The Hall–Kier alpha value is -0.160. The van der Waals surface area contributed by atoms with Crippen molar-refractivity contribution in [2.75, 3.05) is 32.8 Å². The second-order valence-corrected chi connectivity index (χ2v) is 8.61. The molecule has 2 N–H and O–H groups in total. The van der Waals surface area contributed by atoms with Crippen LogP contribution in [-0.2, 0) is 4.74 Å². The molecule has 2 aliphatic carbocycles. The van der Waals surface area contributed by atoms with Gasteiger partial charge in [0, 0.05) is 30.7 Å².